The van der Waals surface area contributed by atoms with Crippen LogP contribution in [-0.4, -0.2) is 10.1 Å². The summed E-state index contributed by atoms with van der Waals surface area (Å²) >= 11 is 0. The summed E-state index contributed by atoms with van der Waals surface area (Å²) in [6, 6.07) is 16.6. The monoisotopic (exact) mass is 263 g/mol. The third kappa shape index (κ3) is 2.25. The van der Waals surface area contributed by atoms with Crippen LogP contribution in [0.5, 0.6) is 5.75 Å². The van der Waals surface area contributed by atoms with Gasteiger partial charge in [0.2, 0.25) is 0 Å². The minimum Gasteiger partial charge on any atom is -0.505 e. The lowest BCUT2D eigenvalue weighted by molar-refractivity contribution is 0.474. The van der Waals surface area contributed by atoms with Crippen molar-refractivity contribution in [2.24, 2.45) is 0 Å². The fourth-order valence-corrected chi connectivity index (χ4v) is 2.60. The molecule has 0 saturated heterocycles. The lowest BCUT2D eigenvalue weighted by Crippen LogP contribution is -1.93. The second kappa shape index (κ2) is 4.97. The molecule has 2 heteroatoms. The average molecular weight is 263 g/mol. The van der Waals surface area contributed by atoms with E-state index in [1.54, 1.807) is 0 Å². The molecule has 0 atom stereocenters. The van der Waals surface area contributed by atoms with Crippen molar-refractivity contribution in [3.8, 4) is 5.75 Å². The van der Waals surface area contributed by atoms with Gasteiger partial charge in [0.1, 0.15) is 5.75 Å². The van der Waals surface area contributed by atoms with Crippen molar-refractivity contribution in [2.45, 2.75) is 20.3 Å². The number of aromatic hydroxyl groups is 1. The highest BCUT2D eigenvalue weighted by Crippen LogP contribution is 2.30. The van der Waals surface area contributed by atoms with E-state index in [1.165, 1.54) is 11.1 Å². The van der Waals surface area contributed by atoms with E-state index in [4.69, 9.17) is 0 Å². The van der Waals surface area contributed by atoms with Crippen molar-refractivity contribution in [1.82, 2.24) is 4.98 Å². The Hall–Kier alpha value is -2.35. The highest BCUT2D eigenvalue weighted by molar-refractivity contribution is 5.90. The summed E-state index contributed by atoms with van der Waals surface area (Å²) in [5.74, 6) is 0.289. The van der Waals surface area contributed by atoms with Gasteiger partial charge in [-0.1, -0.05) is 42.5 Å². The standard InChI is InChI=1S/C18H17NO/c1-12-17-11-15(10-14-6-4-3-5-7-14)8-9-16(17)18(20)13(2)19-12/h3-9,11,20H,10H2,1-2H3. The van der Waals surface area contributed by atoms with Crippen molar-refractivity contribution in [3.05, 3.63) is 71.0 Å². The van der Waals surface area contributed by atoms with Gasteiger partial charge in [-0.15, -0.1) is 0 Å². The Kier molecular flexibility index (Phi) is 3.15. The van der Waals surface area contributed by atoms with E-state index in [1.807, 2.05) is 26.0 Å². The number of aryl methyl sites for hydroxylation is 2. The van der Waals surface area contributed by atoms with Gasteiger partial charge >= 0.3 is 0 Å². The Labute approximate surface area is 118 Å². The number of pyridine rings is 1. The molecule has 100 valence electrons. The van der Waals surface area contributed by atoms with Gasteiger partial charge < -0.3 is 5.11 Å². The van der Waals surface area contributed by atoms with Crippen LogP contribution < -0.4 is 0 Å². The second-order valence-electron chi connectivity index (χ2n) is 5.17. The van der Waals surface area contributed by atoms with Crippen LogP contribution in [0.15, 0.2) is 48.5 Å². The van der Waals surface area contributed by atoms with Crippen molar-refractivity contribution in [3.63, 3.8) is 0 Å². The van der Waals surface area contributed by atoms with Crippen molar-refractivity contribution in [2.75, 3.05) is 0 Å². The second-order valence-corrected chi connectivity index (χ2v) is 5.17. The van der Waals surface area contributed by atoms with Gasteiger partial charge in [0.05, 0.1) is 5.69 Å². The number of nitrogens with zero attached hydrogens (tertiary/aromatic N) is 1. The van der Waals surface area contributed by atoms with Crippen LogP contribution >= 0.6 is 0 Å². The summed E-state index contributed by atoms with van der Waals surface area (Å²) in [5.41, 5.74) is 4.17. The molecule has 0 aliphatic heterocycles. The summed E-state index contributed by atoms with van der Waals surface area (Å²) in [6.07, 6.45) is 0.894. The fourth-order valence-electron chi connectivity index (χ4n) is 2.60. The molecular formula is C18H17NO. The zero-order valence-corrected chi connectivity index (χ0v) is 11.7. The Morgan fingerprint density at radius 2 is 1.60 bits per heavy atom. The molecule has 1 aromatic heterocycles. The smallest absolute Gasteiger partial charge is 0.144 e. The molecule has 0 radical (unpaired) electrons. The lowest BCUT2D eigenvalue weighted by Gasteiger charge is -2.09. The van der Waals surface area contributed by atoms with Crippen molar-refractivity contribution >= 4 is 10.8 Å². The summed E-state index contributed by atoms with van der Waals surface area (Å²) < 4.78 is 0. The number of rotatable bonds is 2. The maximum atomic E-state index is 10.1. The molecule has 0 fully saturated rings. The first kappa shape index (κ1) is 12.7. The van der Waals surface area contributed by atoms with E-state index < -0.39 is 0 Å². The minimum absolute atomic E-state index is 0.289. The van der Waals surface area contributed by atoms with E-state index in [0.29, 0.717) is 5.69 Å². The molecule has 20 heavy (non-hydrogen) atoms. The molecule has 2 nitrogen and oxygen atoms in total. The van der Waals surface area contributed by atoms with Crippen LogP contribution in [0.4, 0.5) is 0 Å². The summed E-state index contributed by atoms with van der Waals surface area (Å²) in [4.78, 5) is 4.40. The van der Waals surface area contributed by atoms with E-state index in [0.717, 1.165) is 22.9 Å². The Morgan fingerprint density at radius 1 is 0.850 bits per heavy atom. The topological polar surface area (TPSA) is 33.1 Å². The van der Waals surface area contributed by atoms with Crippen molar-refractivity contribution < 1.29 is 5.11 Å². The van der Waals surface area contributed by atoms with E-state index in [-0.39, 0.29) is 5.75 Å². The van der Waals surface area contributed by atoms with Crippen LogP contribution in [0.2, 0.25) is 0 Å². The molecule has 1 N–H and O–H groups in total. The number of hydrogen-bond donors (Lipinski definition) is 1. The Morgan fingerprint density at radius 3 is 2.35 bits per heavy atom. The first-order valence-electron chi connectivity index (χ1n) is 6.78. The Balaban J connectivity index is 2.07. The van der Waals surface area contributed by atoms with E-state index in [9.17, 15) is 5.11 Å². The molecule has 2 aromatic carbocycles. The van der Waals surface area contributed by atoms with Crippen LogP contribution in [0.25, 0.3) is 10.8 Å². The SMILES string of the molecule is Cc1nc(C)c2cc(Cc3ccccc3)ccc2c1O. The van der Waals surface area contributed by atoms with E-state index >= 15 is 0 Å². The van der Waals surface area contributed by atoms with Crippen LogP contribution in [0.1, 0.15) is 22.5 Å². The molecular weight excluding hydrogens is 246 g/mol. The van der Waals surface area contributed by atoms with Crippen molar-refractivity contribution in [1.29, 1.82) is 0 Å². The minimum atomic E-state index is 0.289. The number of fused-ring (bicyclic) bond motifs is 1. The van der Waals surface area contributed by atoms with Gasteiger partial charge in [0.25, 0.3) is 0 Å². The molecule has 0 aliphatic rings. The molecule has 0 spiro atoms. The van der Waals surface area contributed by atoms with Crippen LogP contribution in [0, 0.1) is 13.8 Å². The summed E-state index contributed by atoms with van der Waals surface area (Å²) in [5, 5.41) is 12.0. The molecule has 0 saturated carbocycles. The van der Waals surface area contributed by atoms with Gasteiger partial charge in [-0.05, 0) is 37.5 Å². The zero-order valence-electron chi connectivity index (χ0n) is 11.7. The highest BCUT2D eigenvalue weighted by Gasteiger charge is 2.08. The molecule has 0 bridgehead atoms. The molecule has 0 unspecified atom stereocenters. The predicted molar refractivity (Wildman–Crippen MR) is 82.1 cm³/mol. The number of benzene rings is 2. The van der Waals surface area contributed by atoms with Crippen LogP contribution in [0.3, 0.4) is 0 Å². The van der Waals surface area contributed by atoms with E-state index in [2.05, 4.69) is 41.4 Å². The largest absolute Gasteiger partial charge is 0.505 e. The van der Waals surface area contributed by atoms with Gasteiger partial charge in [-0.2, -0.15) is 0 Å². The van der Waals surface area contributed by atoms with Gasteiger partial charge in [0, 0.05) is 16.5 Å². The maximum Gasteiger partial charge on any atom is 0.144 e. The van der Waals surface area contributed by atoms with Crippen LogP contribution in [-0.2, 0) is 6.42 Å². The first-order valence-corrected chi connectivity index (χ1v) is 6.78. The average Bonchev–Trinajstić information content (AvgIpc) is 2.46. The maximum absolute atomic E-state index is 10.1. The third-order valence-corrected chi connectivity index (χ3v) is 3.66. The quantitative estimate of drug-likeness (QED) is 0.753. The lowest BCUT2D eigenvalue weighted by atomic mass is 10.00. The first-order chi connectivity index (χ1) is 9.65. The molecule has 0 amide bonds. The molecule has 1 heterocycles. The third-order valence-electron chi connectivity index (χ3n) is 3.66. The van der Waals surface area contributed by atoms with Gasteiger partial charge in [-0.3, -0.25) is 4.98 Å². The molecule has 0 aliphatic carbocycles. The predicted octanol–water partition coefficient (Wildman–Crippen LogP) is 4.15. The Bertz CT molecular complexity index is 763. The van der Waals surface area contributed by atoms with Gasteiger partial charge in [0.15, 0.2) is 0 Å². The number of hydrogen-bond acceptors (Lipinski definition) is 2. The molecule has 3 rings (SSSR count). The fraction of sp³-hybridized carbons (Fsp3) is 0.167. The van der Waals surface area contributed by atoms with Gasteiger partial charge in [-0.25, -0.2) is 0 Å². The normalized spacial score (nSPS) is 10.9. The summed E-state index contributed by atoms with van der Waals surface area (Å²) in [7, 11) is 0. The molecule has 3 aromatic rings. The number of aromatic nitrogens is 1. The summed E-state index contributed by atoms with van der Waals surface area (Å²) in [6.45, 7) is 3.82. The highest BCUT2D eigenvalue weighted by atomic mass is 16.3. The zero-order chi connectivity index (χ0) is 14.1.